The van der Waals surface area contributed by atoms with E-state index >= 15 is 0 Å². The first kappa shape index (κ1) is 8.99. The lowest BCUT2D eigenvalue weighted by atomic mass is 10.2. The van der Waals surface area contributed by atoms with Gasteiger partial charge in [0.05, 0.1) is 0 Å². The molecule has 0 aromatic heterocycles. The van der Waals surface area contributed by atoms with Crippen LogP contribution in [0.4, 0.5) is 0 Å². The highest BCUT2D eigenvalue weighted by atomic mass is 16.6. The Morgan fingerprint density at radius 2 is 2.50 bits per heavy atom. The van der Waals surface area contributed by atoms with Crippen LogP contribution in [0.3, 0.4) is 0 Å². The monoisotopic (exact) mass is 174 g/mol. The molecular weight excluding hydrogens is 164 g/mol. The van der Waals surface area contributed by atoms with Crippen LogP contribution in [0.15, 0.2) is 0 Å². The molecule has 0 bridgehead atoms. The fraction of sp³-hybridized carbons (Fsp3) is 0.714. The molecule has 1 aliphatic rings. The summed E-state index contributed by atoms with van der Waals surface area (Å²) in [4.78, 5) is 21.0. The highest BCUT2D eigenvalue weighted by Crippen LogP contribution is 2.14. The van der Waals surface area contributed by atoms with Crippen LogP contribution < -0.4 is 0 Å². The number of aliphatic hydroxyl groups excluding tert-OH is 1. The van der Waals surface area contributed by atoms with E-state index in [4.69, 9.17) is 5.11 Å². The summed E-state index contributed by atoms with van der Waals surface area (Å²) in [7, 11) is 0. The number of ether oxygens (including phenoxy) is 2. The molecule has 1 rings (SSSR count). The normalized spacial score (nSPS) is 28.3. The number of hydrogen-bond acceptors (Lipinski definition) is 5. The Morgan fingerprint density at radius 1 is 1.83 bits per heavy atom. The van der Waals surface area contributed by atoms with Gasteiger partial charge < -0.3 is 14.6 Å². The predicted octanol–water partition coefficient (Wildman–Crippen LogP) is -0.774. The predicted molar refractivity (Wildman–Crippen MR) is 37.1 cm³/mol. The van der Waals surface area contributed by atoms with E-state index in [9.17, 15) is 9.59 Å². The highest BCUT2D eigenvalue weighted by Gasteiger charge is 2.33. The van der Waals surface area contributed by atoms with Crippen molar-refractivity contribution in [3.63, 3.8) is 0 Å². The van der Waals surface area contributed by atoms with E-state index in [1.807, 2.05) is 0 Å². The Hall–Kier alpha value is -1.10. The molecule has 0 radical (unpaired) electrons. The fourth-order valence-electron chi connectivity index (χ4n) is 0.949. The van der Waals surface area contributed by atoms with Gasteiger partial charge in [0.25, 0.3) is 0 Å². The number of rotatable bonds is 2. The van der Waals surface area contributed by atoms with Gasteiger partial charge >= 0.3 is 11.9 Å². The van der Waals surface area contributed by atoms with Gasteiger partial charge in [0.15, 0.2) is 6.10 Å². The third-order valence-electron chi connectivity index (χ3n) is 1.51. The quantitative estimate of drug-likeness (QED) is 0.556. The van der Waals surface area contributed by atoms with Crippen molar-refractivity contribution in [3.8, 4) is 0 Å². The van der Waals surface area contributed by atoms with Gasteiger partial charge in [-0.05, 0) is 0 Å². The lowest BCUT2D eigenvalue weighted by molar-refractivity contribution is -0.153. The summed E-state index contributed by atoms with van der Waals surface area (Å²) in [5.41, 5.74) is 0. The second-order valence-electron chi connectivity index (χ2n) is 2.61. The number of carbonyl (C=O) groups excluding carboxylic acids is 2. The van der Waals surface area contributed by atoms with Crippen molar-refractivity contribution in [2.75, 3.05) is 6.61 Å². The first-order valence-electron chi connectivity index (χ1n) is 3.61. The zero-order chi connectivity index (χ0) is 9.14. The van der Waals surface area contributed by atoms with Gasteiger partial charge in [0.1, 0.15) is 12.7 Å². The summed E-state index contributed by atoms with van der Waals surface area (Å²) in [6, 6.07) is 0. The molecule has 2 atom stereocenters. The van der Waals surface area contributed by atoms with E-state index in [0.29, 0.717) is 0 Å². The fourth-order valence-corrected chi connectivity index (χ4v) is 0.949. The van der Waals surface area contributed by atoms with Crippen LogP contribution in [0.25, 0.3) is 0 Å². The molecular formula is C7H10O5. The maximum absolute atomic E-state index is 10.6. The van der Waals surface area contributed by atoms with Crippen LogP contribution in [-0.2, 0) is 19.1 Å². The molecule has 68 valence electrons. The van der Waals surface area contributed by atoms with E-state index < -0.39 is 24.1 Å². The van der Waals surface area contributed by atoms with Crippen LogP contribution in [0.5, 0.6) is 0 Å². The molecule has 5 heteroatoms. The Morgan fingerprint density at radius 3 is 2.92 bits per heavy atom. The number of hydrogen-bond donors (Lipinski definition) is 1. The number of esters is 2. The molecule has 1 aliphatic heterocycles. The van der Waals surface area contributed by atoms with Gasteiger partial charge in [0, 0.05) is 13.3 Å². The molecule has 1 fully saturated rings. The molecule has 5 nitrogen and oxygen atoms in total. The van der Waals surface area contributed by atoms with E-state index in [2.05, 4.69) is 9.47 Å². The average Bonchev–Trinajstić information content (AvgIpc) is 2.28. The molecule has 1 heterocycles. The average molecular weight is 174 g/mol. The van der Waals surface area contributed by atoms with Crippen molar-refractivity contribution in [2.45, 2.75) is 25.6 Å². The third kappa shape index (κ3) is 2.20. The SMILES string of the molecule is CC(=O)OCC1CC(O)C(=O)O1. The van der Waals surface area contributed by atoms with Gasteiger partial charge in [-0.15, -0.1) is 0 Å². The summed E-state index contributed by atoms with van der Waals surface area (Å²) in [5.74, 6) is -1.07. The maximum atomic E-state index is 10.6. The number of aliphatic hydroxyl groups is 1. The van der Waals surface area contributed by atoms with Crippen LogP contribution in [0, 0.1) is 0 Å². The van der Waals surface area contributed by atoms with E-state index in [-0.39, 0.29) is 13.0 Å². The third-order valence-corrected chi connectivity index (χ3v) is 1.51. The highest BCUT2D eigenvalue weighted by molar-refractivity contribution is 5.76. The lowest BCUT2D eigenvalue weighted by Gasteiger charge is -2.07. The standard InChI is InChI=1S/C7H10O5/c1-4(8)11-3-5-2-6(9)7(10)12-5/h5-6,9H,2-3H2,1H3. The van der Waals surface area contributed by atoms with Gasteiger partial charge in [-0.2, -0.15) is 0 Å². The first-order valence-corrected chi connectivity index (χ1v) is 3.61. The van der Waals surface area contributed by atoms with Crippen molar-refractivity contribution < 1.29 is 24.2 Å². The van der Waals surface area contributed by atoms with E-state index in [1.165, 1.54) is 6.92 Å². The molecule has 1 N–H and O–H groups in total. The number of cyclic esters (lactones) is 1. The number of carbonyl (C=O) groups is 2. The van der Waals surface area contributed by atoms with Crippen molar-refractivity contribution in [2.24, 2.45) is 0 Å². The molecule has 0 aromatic rings. The first-order chi connectivity index (χ1) is 5.59. The van der Waals surface area contributed by atoms with Crippen molar-refractivity contribution in [1.82, 2.24) is 0 Å². The minimum atomic E-state index is -1.06. The topological polar surface area (TPSA) is 72.8 Å². The lowest BCUT2D eigenvalue weighted by Crippen LogP contribution is -2.16. The maximum Gasteiger partial charge on any atom is 0.335 e. The largest absolute Gasteiger partial charge is 0.462 e. The van der Waals surface area contributed by atoms with E-state index in [0.717, 1.165) is 0 Å². The molecule has 0 aromatic carbocycles. The second-order valence-corrected chi connectivity index (χ2v) is 2.61. The zero-order valence-corrected chi connectivity index (χ0v) is 6.65. The van der Waals surface area contributed by atoms with Gasteiger partial charge in [-0.3, -0.25) is 4.79 Å². The van der Waals surface area contributed by atoms with Crippen LogP contribution in [0.2, 0.25) is 0 Å². The molecule has 0 spiro atoms. The van der Waals surface area contributed by atoms with Crippen LogP contribution >= 0.6 is 0 Å². The van der Waals surface area contributed by atoms with Gasteiger partial charge in [-0.25, -0.2) is 4.79 Å². The van der Waals surface area contributed by atoms with Crippen LogP contribution in [-0.4, -0.2) is 35.9 Å². The summed E-state index contributed by atoms with van der Waals surface area (Å²) in [6.45, 7) is 1.30. The molecule has 12 heavy (non-hydrogen) atoms. The Balaban J connectivity index is 2.28. The minimum Gasteiger partial charge on any atom is -0.462 e. The van der Waals surface area contributed by atoms with Crippen LogP contribution in [0.1, 0.15) is 13.3 Å². The van der Waals surface area contributed by atoms with Gasteiger partial charge in [-0.1, -0.05) is 0 Å². The summed E-state index contributed by atoms with van der Waals surface area (Å²) in [6.07, 6.45) is -1.35. The zero-order valence-electron chi connectivity index (χ0n) is 6.65. The Bertz CT molecular complexity index is 200. The van der Waals surface area contributed by atoms with Gasteiger partial charge in [0.2, 0.25) is 0 Å². The molecule has 2 unspecified atom stereocenters. The summed E-state index contributed by atoms with van der Waals surface area (Å²) >= 11 is 0. The van der Waals surface area contributed by atoms with Crippen molar-refractivity contribution in [1.29, 1.82) is 0 Å². The Kier molecular flexibility index (Phi) is 2.65. The second kappa shape index (κ2) is 3.53. The van der Waals surface area contributed by atoms with E-state index in [1.54, 1.807) is 0 Å². The van der Waals surface area contributed by atoms with Crippen molar-refractivity contribution >= 4 is 11.9 Å². The summed E-state index contributed by atoms with van der Waals surface area (Å²) in [5, 5.41) is 8.92. The smallest absolute Gasteiger partial charge is 0.335 e. The minimum absolute atomic E-state index is 0.0259. The van der Waals surface area contributed by atoms with Crippen molar-refractivity contribution in [3.05, 3.63) is 0 Å². The molecule has 0 aliphatic carbocycles. The molecule has 0 saturated carbocycles. The summed E-state index contributed by atoms with van der Waals surface area (Å²) < 4.78 is 9.25. The molecule has 0 amide bonds. The Labute approximate surface area is 69.3 Å². The molecule has 1 saturated heterocycles.